The zero-order valence-electron chi connectivity index (χ0n) is 13.2. The van der Waals surface area contributed by atoms with Crippen LogP contribution in [0.15, 0.2) is 23.2 Å². The number of anilines is 1. The molecule has 0 radical (unpaired) electrons. The van der Waals surface area contributed by atoms with Gasteiger partial charge in [0.1, 0.15) is 10.7 Å². The van der Waals surface area contributed by atoms with Gasteiger partial charge in [-0.2, -0.15) is 0 Å². The molecule has 3 atom stereocenters. The zero-order valence-corrected chi connectivity index (χ0v) is 14.0. The highest BCUT2D eigenvalue weighted by atomic mass is 32.2. The highest BCUT2D eigenvalue weighted by molar-refractivity contribution is 7.89. The summed E-state index contributed by atoms with van der Waals surface area (Å²) in [6.07, 6.45) is 4.93. The molecule has 5 nitrogen and oxygen atoms in total. The summed E-state index contributed by atoms with van der Waals surface area (Å²) in [6.45, 7) is 4.60. The van der Waals surface area contributed by atoms with Gasteiger partial charge in [0.05, 0.1) is 0 Å². The number of rotatable bonds is 4. The van der Waals surface area contributed by atoms with E-state index in [1.165, 1.54) is 31.0 Å². The molecule has 3 unspecified atom stereocenters. The number of aromatic nitrogens is 1. The molecule has 1 aliphatic rings. The van der Waals surface area contributed by atoms with Crippen molar-refractivity contribution in [2.45, 2.75) is 44.0 Å². The highest BCUT2D eigenvalue weighted by Gasteiger charge is 2.24. The lowest BCUT2D eigenvalue weighted by Crippen LogP contribution is -2.30. The Hall–Kier alpha value is -1.14. The Morgan fingerprint density at radius 2 is 1.90 bits per heavy atom. The monoisotopic (exact) mass is 311 g/mol. The van der Waals surface area contributed by atoms with Crippen LogP contribution in [0, 0.1) is 11.8 Å². The van der Waals surface area contributed by atoms with E-state index in [4.69, 9.17) is 0 Å². The van der Waals surface area contributed by atoms with E-state index in [1.807, 2.05) is 0 Å². The van der Waals surface area contributed by atoms with Crippen LogP contribution < -0.4 is 5.32 Å². The third-order valence-corrected chi connectivity index (χ3v) is 6.26. The molecule has 1 saturated carbocycles. The lowest BCUT2D eigenvalue weighted by atomic mass is 9.79. The minimum atomic E-state index is -3.40. The number of sulfonamides is 1. The molecule has 1 aromatic heterocycles. The van der Waals surface area contributed by atoms with Gasteiger partial charge in [-0.25, -0.2) is 17.7 Å². The molecular formula is C15H25N3O2S. The molecule has 1 heterocycles. The van der Waals surface area contributed by atoms with Crippen molar-refractivity contribution in [2.24, 2.45) is 11.8 Å². The second-order valence-corrected chi connectivity index (χ2v) is 8.43. The van der Waals surface area contributed by atoms with Crippen molar-refractivity contribution in [2.75, 3.05) is 19.4 Å². The predicted octanol–water partition coefficient (Wildman–Crippen LogP) is 2.57. The second kappa shape index (κ2) is 6.32. The molecule has 21 heavy (non-hydrogen) atoms. The van der Waals surface area contributed by atoms with Gasteiger partial charge in [-0.15, -0.1) is 0 Å². The fourth-order valence-electron chi connectivity index (χ4n) is 2.72. The average Bonchev–Trinajstić information content (AvgIpc) is 2.43. The van der Waals surface area contributed by atoms with Crippen molar-refractivity contribution in [1.29, 1.82) is 0 Å². The van der Waals surface area contributed by atoms with E-state index in [-0.39, 0.29) is 4.90 Å². The number of hydrogen-bond donors (Lipinski definition) is 1. The van der Waals surface area contributed by atoms with Crippen molar-refractivity contribution in [1.82, 2.24) is 9.29 Å². The van der Waals surface area contributed by atoms with Crippen LogP contribution in [0.1, 0.15) is 33.1 Å². The maximum Gasteiger partial charge on any atom is 0.244 e. The molecule has 0 bridgehead atoms. The number of nitrogens with zero attached hydrogens (tertiary/aromatic N) is 2. The summed E-state index contributed by atoms with van der Waals surface area (Å²) in [5.74, 6) is 2.24. The first-order valence-corrected chi connectivity index (χ1v) is 8.90. The van der Waals surface area contributed by atoms with Crippen LogP contribution >= 0.6 is 0 Å². The van der Waals surface area contributed by atoms with Crippen LogP contribution in [0.25, 0.3) is 0 Å². The van der Waals surface area contributed by atoms with Gasteiger partial charge < -0.3 is 5.32 Å². The smallest absolute Gasteiger partial charge is 0.244 e. The van der Waals surface area contributed by atoms with Gasteiger partial charge >= 0.3 is 0 Å². The molecule has 0 aromatic carbocycles. The standard InChI is InChI=1S/C15H25N3O2S/c1-11-5-6-13(9-12(11)2)17-15-8-7-14(10-16-15)21(19,20)18(3)4/h7-8,10-13H,5-6,9H2,1-4H3,(H,16,17). The molecule has 2 rings (SSSR count). The van der Waals surface area contributed by atoms with Crippen LogP contribution in [0.5, 0.6) is 0 Å². The van der Waals surface area contributed by atoms with Gasteiger partial charge in [-0.05, 0) is 43.2 Å². The quantitative estimate of drug-likeness (QED) is 0.928. The Labute approximate surface area is 127 Å². The Kier molecular flexibility index (Phi) is 4.88. The molecule has 1 aromatic rings. The lowest BCUT2D eigenvalue weighted by molar-refractivity contribution is 0.260. The van der Waals surface area contributed by atoms with Crippen molar-refractivity contribution >= 4 is 15.8 Å². The average molecular weight is 311 g/mol. The lowest BCUT2D eigenvalue weighted by Gasteiger charge is -2.32. The summed E-state index contributed by atoms with van der Waals surface area (Å²) in [6, 6.07) is 3.79. The van der Waals surface area contributed by atoms with E-state index in [2.05, 4.69) is 24.1 Å². The molecule has 1 N–H and O–H groups in total. The number of pyridine rings is 1. The maximum atomic E-state index is 12.0. The van der Waals surface area contributed by atoms with Crippen molar-refractivity contribution in [3.05, 3.63) is 18.3 Å². The summed E-state index contributed by atoms with van der Waals surface area (Å²) < 4.78 is 25.2. The molecule has 0 amide bonds. The third-order valence-electron chi connectivity index (χ3n) is 4.47. The molecule has 1 fully saturated rings. The highest BCUT2D eigenvalue weighted by Crippen LogP contribution is 2.30. The summed E-state index contributed by atoms with van der Waals surface area (Å²) >= 11 is 0. The normalized spacial score (nSPS) is 26.8. The Morgan fingerprint density at radius 3 is 2.43 bits per heavy atom. The van der Waals surface area contributed by atoms with Crippen LogP contribution in [0.3, 0.4) is 0 Å². The second-order valence-electron chi connectivity index (χ2n) is 6.28. The van der Waals surface area contributed by atoms with E-state index in [0.29, 0.717) is 12.0 Å². The van der Waals surface area contributed by atoms with Gasteiger partial charge in [0, 0.05) is 26.3 Å². The zero-order chi connectivity index (χ0) is 15.6. The molecule has 1 aliphatic carbocycles. The van der Waals surface area contributed by atoms with Crippen molar-refractivity contribution in [3.63, 3.8) is 0 Å². The molecule has 0 spiro atoms. The van der Waals surface area contributed by atoms with Gasteiger partial charge in [-0.3, -0.25) is 0 Å². The molecule has 6 heteroatoms. The van der Waals surface area contributed by atoms with E-state index in [1.54, 1.807) is 12.1 Å². The first-order chi connectivity index (χ1) is 9.80. The van der Waals surface area contributed by atoms with Crippen molar-refractivity contribution in [3.8, 4) is 0 Å². The molecule has 118 valence electrons. The van der Waals surface area contributed by atoms with E-state index in [0.717, 1.165) is 24.6 Å². The minimum Gasteiger partial charge on any atom is -0.367 e. The first kappa shape index (κ1) is 16.2. The summed E-state index contributed by atoms with van der Waals surface area (Å²) in [5, 5.41) is 3.42. The Bertz CT molecular complexity index is 569. The summed E-state index contributed by atoms with van der Waals surface area (Å²) in [5.41, 5.74) is 0. The predicted molar refractivity (Wildman–Crippen MR) is 84.7 cm³/mol. The molecule has 0 saturated heterocycles. The van der Waals surface area contributed by atoms with Gasteiger partial charge in [-0.1, -0.05) is 13.8 Å². The summed E-state index contributed by atoms with van der Waals surface area (Å²) in [7, 11) is -0.360. The van der Waals surface area contributed by atoms with Gasteiger partial charge in [0.25, 0.3) is 0 Å². The molecular weight excluding hydrogens is 286 g/mol. The minimum absolute atomic E-state index is 0.226. The Balaban J connectivity index is 2.03. The van der Waals surface area contributed by atoms with E-state index < -0.39 is 10.0 Å². The van der Waals surface area contributed by atoms with E-state index >= 15 is 0 Å². The maximum absolute atomic E-state index is 12.0. The topological polar surface area (TPSA) is 62.3 Å². The SMILES string of the molecule is CC1CCC(Nc2ccc(S(=O)(=O)N(C)C)cn2)CC1C. The number of hydrogen-bond acceptors (Lipinski definition) is 4. The Morgan fingerprint density at radius 1 is 1.19 bits per heavy atom. The number of nitrogens with one attached hydrogen (secondary N) is 1. The van der Waals surface area contributed by atoms with Gasteiger partial charge in [0.15, 0.2) is 0 Å². The van der Waals surface area contributed by atoms with Crippen molar-refractivity contribution < 1.29 is 8.42 Å². The largest absolute Gasteiger partial charge is 0.367 e. The van der Waals surface area contributed by atoms with Crippen LogP contribution in [-0.4, -0.2) is 37.8 Å². The third kappa shape index (κ3) is 3.74. The van der Waals surface area contributed by atoms with Gasteiger partial charge in [0.2, 0.25) is 10.0 Å². The summed E-state index contributed by atoms with van der Waals surface area (Å²) in [4.78, 5) is 4.47. The fraction of sp³-hybridized carbons (Fsp3) is 0.667. The van der Waals surface area contributed by atoms with Crippen LogP contribution in [0.2, 0.25) is 0 Å². The van der Waals surface area contributed by atoms with E-state index in [9.17, 15) is 8.42 Å². The fourth-order valence-corrected chi connectivity index (χ4v) is 3.56. The van der Waals surface area contributed by atoms with Crippen LogP contribution in [0.4, 0.5) is 5.82 Å². The molecule has 0 aliphatic heterocycles. The van der Waals surface area contributed by atoms with Crippen LogP contribution in [-0.2, 0) is 10.0 Å². The first-order valence-electron chi connectivity index (χ1n) is 7.46.